The summed E-state index contributed by atoms with van der Waals surface area (Å²) in [7, 11) is 0. The van der Waals surface area contributed by atoms with Crippen LogP contribution >= 0.6 is 11.8 Å². The number of alkyl halides is 2. The maximum Gasteiger partial charge on any atom is 0.266 e. The topological polar surface area (TPSA) is 32.3 Å². The summed E-state index contributed by atoms with van der Waals surface area (Å²) in [5.74, 6) is -0.509. The number of hydrogen-bond acceptors (Lipinski definition) is 2. The van der Waals surface area contributed by atoms with E-state index in [0.717, 1.165) is 12.0 Å². The molecule has 1 aromatic carbocycles. The van der Waals surface area contributed by atoms with Crippen molar-refractivity contribution in [2.75, 3.05) is 13.3 Å². The molecule has 0 saturated carbocycles. The van der Waals surface area contributed by atoms with Crippen molar-refractivity contribution in [1.29, 1.82) is 0 Å². The molecule has 106 valence electrons. The summed E-state index contributed by atoms with van der Waals surface area (Å²) in [6.07, 6.45) is 0.866. The van der Waals surface area contributed by atoms with Crippen LogP contribution in [0.1, 0.15) is 29.8 Å². The molecule has 0 aliphatic rings. The fourth-order valence-electron chi connectivity index (χ4n) is 1.32. The molecule has 0 aromatic heterocycles. The van der Waals surface area contributed by atoms with Gasteiger partial charge in [0.1, 0.15) is 18.9 Å². The third kappa shape index (κ3) is 3.88. The van der Waals surface area contributed by atoms with Crippen LogP contribution in [0.2, 0.25) is 0 Å². The van der Waals surface area contributed by atoms with Gasteiger partial charge in [0.2, 0.25) is 0 Å². The molecule has 0 unspecified atom stereocenters. The Morgan fingerprint density at radius 1 is 1.32 bits per heavy atom. The van der Waals surface area contributed by atoms with Gasteiger partial charge < -0.3 is 0 Å². The van der Waals surface area contributed by atoms with Crippen LogP contribution in [0.4, 0.5) is 8.78 Å². The fourth-order valence-corrected chi connectivity index (χ4v) is 1.49. The van der Waals surface area contributed by atoms with Crippen LogP contribution in [0, 0.1) is 0 Å². The van der Waals surface area contributed by atoms with Gasteiger partial charge in [-0.1, -0.05) is 19.1 Å². The van der Waals surface area contributed by atoms with Gasteiger partial charge in [0.25, 0.3) is 5.91 Å². The molecule has 3 nitrogen and oxygen atoms in total. The van der Waals surface area contributed by atoms with E-state index in [1.54, 1.807) is 12.1 Å². The number of carbonyl (C=O) groups excluding carboxylic acids is 1. The van der Waals surface area contributed by atoms with Gasteiger partial charge in [0, 0.05) is 17.3 Å². The number of amides is 1. The first kappa shape index (κ1) is 15.9. The predicted molar refractivity (Wildman–Crippen MR) is 71.3 cm³/mol. The monoisotopic (exact) mass is 290 g/mol. The molecule has 0 radical (unpaired) electrons. The first-order chi connectivity index (χ1) is 8.96. The number of benzene rings is 1. The number of carbonyl (C=O) groups is 1. The lowest BCUT2D eigenvalue weighted by molar-refractivity contribution is 0.0632. The van der Waals surface area contributed by atoms with E-state index in [0.29, 0.717) is 10.1 Å². The first-order valence-electron chi connectivity index (χ1n) is 5.94. The number of rotatable bonds is 6. The summed E-state index contributed by atoms with van der Waals surface area (Å²) in [4.78, 5) is 11.9. The predicted octanol–water partition coefficient (Wildman–Crippen LogP) is 3.05. The van der Waals surface area contributed by atoms with Crippen molar-refractivity contribution in [2.45, 2.75) is 25.8 Å². The highest BCUT2D eigenvalue weighted by Gasteiger charge is 2.33. The van der Waals surface area contributed by atoms with Crippen LogP contribution in [-0.2, 0) is 6.42 Å². The molecule has 0 aliphatic heterocycles. The minimum atomic E-state index is -1.57. The molecule has 0 aliphatic carbocycles. The molecule has 1 N–H and O–H groups in total. The number of halogens is 3. The molecule has 1 amide bonds. The van der Waals surface area contributed by atoms with Crippen LogP contribution in [-0.4, -0.2) is 29.3 Å². The van der Waals surface area contributed by atoms with Crippen molar-refractivity contribution in [3.8, 4) is 0 Å². The molecule has 19 heavy (non-hydrogen) atoms. The summed E-state index contributed by atoms with van der Waals surface area (Å²) in [6.45, 7) is 1.26. The molecule has 6 heteroatoms. The Labute approximate surface area is 116 Å². The molecule has 1 aromatic rings. The molecule has 0 atom stereocenters. The standard InChI is InChI=1S/C13H17ClF2N2O/c1-3-10-4-6-11(7-5-10)12(19)17-18(14)13(2,8-15)9-16/h4-7H,3,8-9H2,1-2H3,(H,17,19). The Kier molecular flexibility index (Phi) is 5.69. The highest BCUT2D eigenvalue weighted by molar-refractivity contribution is 6.14. The maximum absolute atomic E-state index is 12.7. The van der Waals surface area contributed by atoms with Crippen molar-refractivity contribution in [1.82, 2.24) is 9.95 Å². The van der Waals surface area contributed by atoms with E-state index < -0.39 is 24.8 Å². The summed E-state index contributed by atoms with van der Waals surface area (Å²) >= 11 is 5.71. The number of aryl methyl sites for hydroxylation is 1. The van der Waals surface area contributed by atoms with Crippen LogP contribution in [0.5, 0.6) is 0 Å². The zero-order valence-corrected chi connectivity index (χ0v) is 11.7. The largest absolute Gasteiger partial charge is 0.270 e. The second-order valence-corrected chi connectivity index (χ2v) is 4.87. The van der Waals surface area contributed by atoms with Crippen LogP contribution in [0.25, 0.3) is 0 Å². The second-order valence-electron chi connectivity index (χ2n) is 4.54. The molecular formula is C13H17ClF2N2O. The van der Waals surface area contributed by atoms with Gasteiger partial charge in [-0.25, -0.2) is 8.78 Å². The summed E-state index contributed by atoms with van der Waals surface area (Å²) < 4.78 is 26.1. The van der Waals surface area contributed by atoms with Gasteiger partial charge in [-0.05, 0) is 31.0 Å². The normalized spacial score (nSPS) is 11.7. The van der Waals surface area contributed by atoms with Gasteiger partial charge in [0.05, 0.1) is 0 Å². The van der Waals surface area contributed by atoms with Crippen molar-refractivity contribution < 1.29 is 13.6 Å². The first-order valence-corrected chi connectivity index (χ1v) is 6.28. The number of nitrogens with one attached hydrogen (secondary N) is 1. The quantitative estimate of drug-likeness (QED) is 0.645. The van der Waals surface area contributed by atoms with E-state index in [4.69, 9.17) is 11.8 Å². The van der Waals surface area contributed by atoms with E-state index in [2.05, 4.69) is 5.43 Å². The Hall–Kier alpha value is -1.20. The Bertz CT molecular complexity index is 421. The minimum Gasteiger partial charge on any atom is -0.270 e. The summed E-state index contributed by atoms with van der Waals surface area (Å²) in [6, 6.07) is 6.91. The third-order valence-electron chi connectivity index (χ3n) is 2.87. The van der Waals surface area contributed by atoms with E-state index >= 15 is 0 Å². The molecule has 0 heterocycles. The second kappa shape index (κ2) is 6.82. The Morgan fingerprint density at radius 3 is 2.26 bits per heavy atom. The average molecular weight is 291 g/mol. The number of hydrogen-bond donors (Lipinski definition) is 1. The Balaban J connectivity index is 2.73. The van der Waals surface area contributed by atoms with Gasteiger partial charge in [0.15, 0.2) is 0 Å². The van der Waals surface area contributed by atoms with Gasteiger partial charge >= 0.3 is 0 Å². The smallest absolute Gasteiger partial charge is 0.266 e. The van der Waals surface area contributed by atoms with E-state index in [9.17, 15) is 13.6 Å². The van der Waals surface area contributed by atoms with E-state index in [1.807, 2.05) is 19.1 Å². The lowest BCUT2D eigenvalue weighted by Crippen LogP contribution is -2.53. The van der Waals surface area contributed by atoms with Gasteiger partial charge in [-0.2, -0.15) is 0 Å². The highest BCUT2D eigenvalue weighted by Crippen LogP contribution is 2.17. The molecule has 0 saturated heterocycles. The molecule has 0 spiro atoms. The van der Waals surface area contributed by atoms with Gasteiger partial charge in [-0.15, -0.1) is 4.53 Å². The SMILES string of the molecule is CCc1ccc(C(=O)NN(Cl)C(C)(CF)CF)cc1. The average Bonchev–Trinajstić information content (AvgIpc) is 2.46. The molecule has 1 rings (SSSR count). The zero-order chi connectivity index (χ0) is 14.5. The fraction of sp³-hybridized carbons (Fsp3) is 0.462. The zero-order valence-electron chi connectivity index (χ0n) is 10.9. The minimum absolute atomic E-state index is 0.378. The van der Waals surface area contributed by atoms with Crippen molar-refractivity contribution in [3.05, 3.63) is 35.4 Å². The molecule has 0 fully saturated rings. The molecule has 0 bridgehead atoms. The lowest BCUT2D eigenvalue weighted by atomic mass is 10.1. The number of hydrazine groups is 1. The van der Waals surface area contributed by atoms with Crippen molar-refractivity contribution >= 4 is 17.7 Å². The molecular weight excluding hydrogens is 274 g/mol. The maximum atomic E-state index is 12.7. The third-order valence-corrected chi connectivity index (χ3v) is 3.37. The van der Waals surface area contributed by atoms with Crippen molar-refractivity contribution in [3.63, 3.8) is 0 Å². The lowest BCUT2D eigenvalue weighted by Gasteiger charge is -2.30. The van der Waals surface area contributed by atoms with Crippen molar-refractivity contribution in [2.24, 2.45) is 0 Å². The number of nitrogens with zero attached hydrogens (tertiary/aromatic N) is 1. The van der Waals surface area contributed by atoms with Crippen LogP contribution < -0.4 is 5.43 Å². The summed E-state index contributed by atoms with van der Waals surface area (Å²) in [5, 5.41) is 0. The van der Waals surface area contributed by atoms with E-state index in [1.165, 1.54) is 6.92 Å². The van der Waals surface area contributed by atoms with Gasteiger partial charge in [-0.3, -0.25) is 10.2 Å². The van der Waals surface area contributed by atoms with Crippen LogP contribution in [0.3, 0.4) is 0 Å². The highest BCUT2D eigenvalue weighted by atomic mass is 35.5. The van der Waals surface area contributed by atoms with Crippen LogP contribution in [0.15, 0.2) is 24.3 Å². The Morgan fingerprint density at radius 2 is 1.84 bits per heavy atom. The summed E-state index contributed by atoms with van der Waals surface area (Å²) in [5.41, 5.74) is 2.16. The van der Waals surface area contributed by atoms with E-state index in [-0.39, 0.29) is 0 Å².